The van der Waals surface area contributed by atoms with Gasteiger partial charge in [-0.15, -0.1) is 0 Å². The zero-order valence-electron chi connectivity index (χ0n) is 13.6. The predicted octanol–water partition coefficient (Wildman–Crippen LogP) is 2.88. The molecule has 23 heavy (non-hydrogen) atoms. The summed E-state index contributed by atoms with van der Waals surface area (Å²) in [5, 5.41) is 3.48. The van der Waals surface area contributed by atoms with Gasteiger partial charge in [0.2, 0.25) is 0 Å². The minimum Gasteiger partial charge on any atom is -0.352 e. The fourth-order valence-electron chi connectivity index (χ4n) is 2.72. The highest BCUT2D eigenvalue weighted by molar-refractivity contribution is 6.31. The predicted molar refractivity (Wildman–Crippen MR) is 93.3 cm³/mol. The van der Waals surface area contributed by atoms with E-state index in [1.54, 1.807) is 17.7 Å². The van der Waals surface area contributed by atoms with Crippen LogP contribution in [-0.4, -0.2) is 17.0 Å². The highest BCUT2D eigenvalue weighted by Gasteiger charge is 2.15. The number of pyridine rings is 1. The Kier molecular flexibility index (Phi) is 5.61. The van der Waals surface area contributed by atoms with Crippen LogP contribution in [0.4, 0.5) is 0 Å². The fourth-order valence-corrected chi connectivity index (χ4v) is 2.95. The topological polar surface area (TPSA) is 51.1 Å². The first-order chi connectivity index (χ1) is 11.0. The Morgan fingerprint density at radius 1 is 1.30 bits per heavy atom. The fraction of sp³-hybridized carbons (Fsp3) is 0.333. The molecule has 4 nitrogen and oxygen atoms in total. The second kappa shape index (κ2) is 7.47. The number of hydrogen-bond acceptors (Lipinski definition) is 2. The van der Waals surface area contributed by atoms with Crippen LogP contribution in [0.3, 0.4) is 0 Å². The molecule has 2 rings (SSSR count). The SMILES string of the molecule is CCc1c(C)cc(C(=O)NCCc2ccccc2Cl)c(=O)n1C. The van der Waals surface area contributed by atoms with Crippen molar-refractivity contribution in [3.8, 4) is 0 Å². The first-order valence-electron chi connectivity index (χ1n) is 7.66. The van der Waals surface area contributed by atoms with Gasteiger partial charge in [0.15, 0.2) is 0 Å². The molecule has 1 aromatic carbocycles. The van der Waals surface area contributed by atoms with Gasteiger partial charge in [-0.05, 0) is 43.0 Å². The van der Waals surface area contributed by atoms with Gasteiger partial charge in [0.25, 0.3) is 11.5 Å². The lowest BCUT2D eigenvalue weighted by Crippen LogP contribution is -2.34. The quantitative estimate of drug-likeness (QED) is 0.915. The van der Waals surface area contributed by atoms with Crippen LogP contribution in [-0.2, 0) is 19.9 Å². The number of benzene rings is 1. The van der Waals surface area contributed by atoms with E-state index in [4.69, 9.17) is 11.6 Å². The minimum absolute atomic E-state index is 0.182. The molecule has 1 aromatic heterocycles. The van der Waals surface area contributed by atoms with E-state index in [-0.39, 0.29) is 17.0 Å². The van der Waals surface area contributed by atoms with Crippen molar-refractivity contribution in [2.75, 3.05) is 6.54 Å². The standard InChI is InChI=1S/C18H21ClN2O2/c1-4-16-12(2)11-14(18(23)21(16)3)17(22)20-10-9-13-7-5-6-8-15(13)19/h5-8,11H,4,9-10H2,1-3H3,(H,20,22). The molecule has 5 heteroatoms. The number of carbonyl (C=O) groups is 1. The average Bonchev–Trinajstić information content (AvgIpc) is 2.53. The van der Waals surface area contributed by atoms with Gasteiger partial charge in [-0.25, -0.2) is 0 Å². The highest BCUT2D eigenvalue weighted by atomic mass is 35.5. The van der Waals surface area contributed by atoms with Crippen molar-refractivity contribution >= 4 is 17.5 Å². The number of nitrogens with zero attached hydrogens (tertiary/aromatic N) is 1. The Morgan fingerprint density at radius 3 is 2.65 bits per heavy atom. The van der Waals surface area contributed by atoms with E-state index in [2.05, 4.69) is 5.32 Å². The van der Waals surface area contributed by atoms with Crippen LogP contribution in [0.15, 0.2) is 35.1 Å². The van der Waals surface area contributed by atoms with E-state index in [9.17, 15) is 9.59 Å². The monoisotopic (exact) mass is 332 g/mol. The molecule has 0 spiro atoms. The van der Waals surface area contributed by atoms with E-state index in [0.29, 0.717) is 18.0 Å². The van der Waals surface area contributed by atoms with Crippen LogP contribution < -0.4 is 10.9 Å². The van der Waals surface area contributed by atoms with E-state index < -0.39 is 0 Å². The lowest BCUT2D eigenvalue weighted by Gasteiger charge is -2.12. The number of halogens is 1. The molecule has 1 heterocycles. The summed E-state index contributed by atoms with van der Waals surface area (Å²) in [7, 11) is 1.70. The van der Waals surface area contributed by atoms with E-state index in [1.807, 2.05) is 38.1 Å². The molecule has 0 saturated carbocycles. The zero-order chi connectivity index (χ0) is 17.0. The number of aromatic nitrogens is 1. The molecule has 122 valence electrons. The number of nitrogens with one attached hydrogen (secondary N) is 1. The first-order valence-corrected chi connectivity index (χ1v) is 8.04. The molecule has 2 aromatic rings. The van der Waals surface area contributed by atoms with E-state index in [1.165, 1.54) is 0 Å². The van der Waals surface area contributed by atoms with Gasteiger partial charge >= 0.3 is 0 Å². The van der Waals surface area contributed by atoms with E-state index in [0.717, 1.165) is 23.2 Å². The van der Waals surface area contributed by atoms with Crippen molar-refractivity contribution in [3.05, 3.63) is 68.1 Å². The third-order valence-electron chi connectivity index (χ3n) is 3.97. The summed E-state index contributed by atoms with van der Waals surface area (Å²) in [4.78, 5) is 24.6. The Morgan fingerprint density at radius 2 is 2.00 bits per heavy atom. The number of hydrogen-bond donors (Lipinski definition) is 1. The lowest BCUT2D eigenvalue weighted by molar-refractivity contribution is 0.0952. The molecule has 1 amide bonds. The summed E-state index contributed by atoms with van der Waals surface area (Å²) in [6.07, 6.45) is 1.38. The first kappa shape index (κ1) is 17.3. The average molecular weight is 333 g/mol. The molecule has 0 bridgehead atoms. The maximum atomic E-state index is 12.3. The Bertz CT molecular complexity index is 781. The van der Waals surface area contributed by atoms with Crippen LogP contribution in [0.5, 0.6) is 0 Å². The van der Waals surface area contributed by atoms with Crippen molar-refractivity contribution in [2.45, 2.75) is 26.7 Å². The molecular formula is C18H21ClN2O2. The van der Waals surface area contributed by atoms with Gasteiger partial charge < -0.3 is 9.88 Å². The van der Waals surface area contributed by atoms with Gasteiger partial charge in [0.05, 0.1) is 0 Å². The lowest BCUT2D eigenvalue weighted by atomic mass is 10.1. The smallest absolute Gasteiger partial charge is 0.263 e. The van der Waals surface area contributed by atoms with Crippen LogP contribution in [0, 0.1) is 6.92 Å². The number of aryl methyl sites for hydroxylation is 1. The summed E-state index contributed by atoms with van der Waals surface area (Å²) in [5.74, 6) is -0.344. The molecule has 0 aliphatic carbocycles. The van der Waals surface area contributed by atoms with Crippen molar-refractivity contribution < 1.29 is 4.79 Å². The van der Waals surface area contributed by atoms with Crippen LogP contribution in [0.1, 0.15) is 34.1 Å². The Balaban J connectivity index is 2.10. The number of carbonyl (C=O) groups excluding carboxylic acids is 1. The third-order valence-corrected chi connectivity index (χ3v) is 4.34. The normalized spacial score (nSPS) is 10.6. The molecule has 0 radical (unpaired) electrons. The van der Waals surface area contributed by atoms with Crippen molar-refractivity contribution in [1.29, 1.82) is 0 Å². The maximum Gasteiger partial charge on any atom is 0.263 e. The summed E-state index contributed by atoms with van der Waals surface area (Å²) >= 11 is 6.09. The number of rotatable bonds is 5. The molecule has 0 saturated heterocycles. The summed E-state index contributed by atoms with van der Waals surface area (Å²) in [6, 6.07) is 9.19. The molecule has 1 N–H and O–H groups in total. The maximum absolute atomic E-state index is 12.3. The highest BCUT2D eigenvalue weighted by Crippen LogP contribution is 2.15. The second-order valence-corrected chi connectivity index (χ2v) is 5.91. The molecule has 0 aliphatic rings. The third kappa shape index (κ3) is 3.82. The largest absolute Gasteiger partial charge is 0.352 e. The van der Waals surface area contributed by atoms with Crippen molar-refractivity contribution in [3.63, 3.8) is 0 Å². The van der Waals surface area contributed by atoms with Crippen LogP contribution in [0.2, 0.25) is 5.02 Å². The summed E-state index contributed by atoms with van der Waals surface area (Å²) in [5.41, 5.74) is 2.79. The van der Waals surface area contributed by atoms with Gasteiger partial charge in [-0.3, -0.25) is 9.59 Å². The second-order valence-electron chi connectivity index (χ2n) is 5.50. The van der Waals surface area contributed by atoms with Gasteiger partial charge in [0, 0.05) is 24.3 Å². The summed E-state index contributed by atoms with van der Waals surface area (Å²) < 4.78 is 1.55. The number of amides is 1. The van der Waals surface area contributed by atoms with Crippen LogP contribution >= 0.6 is 11.6 Å². The van der Waals surface area contributed by atoms with Gasteiger partial charge in [-0.2, -0.15) is 0 Å². The molecule has 0 fully saturated rings. The molecular weight excluding hydrogens is 312 g/mol. The van der Waals surface area contributed by atoms with Gasteiger partial charge in [0.1, 0.15) is 5.56 Å². The Hall–Kier alpha value is -2.07. The summed E-state index contributed by atoms with van der Waals surface area (Å²) in [6.45, 7) is 4.34. The van der Waals surface area contributed by atoms with E-state index >= 15 is 0 Å². The van der Waals surface area contributed by atoms with Crippen LogP contribution in [0.25, 0.3) is 0 Å². The molecule has 0 unspecified atom stereocenters. The van der Waals surface area contributed by atoms with Crippen molar-refractivity contribution in [1.82, 2.24) is 9.88 Å². The zero-order valence-corrected chi connectivity index (χ0v) is 14.4. The minimum atomic E-state index is -0.344. The molecule has 0 atom stereocenters. The van der Waals surface area contributed by atoms with Gasteiger partial charge in [-0.1, -0.05) is 36.7 Å². The van der Waals surface area contributed by atoms with Crippen molar-refractivity contribution in [2.24, 2.45) is 7.05 Å². The Labute approximate surface area is 141 Å². The molecule has 0 aliphatic heterocycles.